The number of halogens is 1. The summed E-state index contributed by atoms with van der Waals surface area (Å²) >= 11 is 2.16. The first-order valence-corrected chi connectivity index (χ1v) is 13.5. The van der Waals surface area contributed by atoms with Gasteiger partial charge in [-0.2, -0.15) is 0 Å². The molecule has 4 aromatic rings. The lowest BCUT2D eigenvalue weighted by molar-refractivity contribution is -0.122. The van der Waals surface area contributed by atoms with Crippen LogP contribution >= 0.6 is 22.6 Å². The molecule has 0 aliphatic carbocycles. The molecule has 1 N–H and O–H groups in total. The standard InChI is InChI=1S/C31H25IN2O5/c1-3-38-27-17-20(15-24-29(35)33-31(37)34(30(24)36)22-10-5-4-6-11-22)16-26(32)28(27)39-18-25-19(2)13-14-21-9-7-8-12-23(21)25/h4-17H,3,18H2,1-2H3,(H,33,35,37)/b24-15+. The summed E-state index contributed by atoms with van der Waals surface area (Å²) in [5.74, 6) is -0.382. The van der Waals surface area contributed by atoms with Crippen LogP contribution in [0, 0.1) is 10.5 Å². The van der Waals surface area contributed by atoms with E-state index >= 15 is 0 Å². The molecule has 0 aromatic heterocycles. The van der Waals surface area contributed by atoms with Crippen LogP contribution in [0.4, 0.5) is 10.5 Å². The topological polar surface area (TPSA) is 84.9 Å². The Hall–Kier alpha value is -4.18. The first kappa shape index (κ1) is 26.4. The Labute approximate surface area is 239 Å². The number of fused-ring (bicyclic) bond motifs is 1. The zero-order valence-electron chi connectivity index (χ0n) is 21.4. The number of benzene rings is 4. The second-order valence-electron chi connectivity index (χ2n) is 8.93. The summed E-state index contributed by atoms with van der Waals surface area (Å²) in [7, 11) is 0. The van der Waals surface area contributed by atoms with Gasteiger partial charge in [0, 0.05) is 5.56 Å². The van der Waals surface area contributed by atoms with E-state index in [4.69, 9.17) is 9.47 Å². The predicted octanol–water partition coefficient (Wildman–Crippen LogP) is 6.40. The van der Waals surface area contributed by atoms with E-state index in [2.05, 4.69) is 59.1 Å². The van der Waals surface area contributed by atoms with Crippen LogP contribution in [0.2, 0.25) is 0 Å². The number of nitrogens with one attached hydrogen (secondary N) is 1. The van der Waals surface area contributed by atoms with Crippen molar-refractivity contribution in [2.45, 2.75) is 20.5 Å². The molecule has 4 aromatic carbocycles. The van der Waals surface area contributed by atoms with Crippen molar-refractivity contribution in [2.24, 2.45) is 0 Å². The molecule has 8 heteroatoms. The molecule has 1 fully saturated rings. The van der Waals surface area contributed by atoms with Crippen molar-refractivity contribution in [1.82, 2.24) is 5.32 Å². The van der Waals surface area contributed by atoms with Crippen LogP contribution in [0.1, 0.15) is 23.6 Å². The molecule has 39 heavy (non-hydrogen) atoms. The van der Waals surface area contributed by atoms with Crippen molar-refractivity contribution >= 4 is 63.0 Å². The van der Waals surface area contributed by atoms with Gasteiger partial charge in [0.15, 0.2) is 11.5 Å². The van der Waals surface area contributed by atoms with Crippen LogP contribution in [0.25, 0.3) is 16.8 Å². The number of hydrogen-bond donors (Lipinski definition) is 1. The van der Waals surface area contributed by atoms with E-state index in [1.165, 1.54) is 6.08 Å². The summed E-state index contributed by atoms with van der Waals surface area (Å²) in [5.41, 5.74) is 3.00. The second-order valence-corrected chi connectivity index (χ2v) is 10.1. The largest absolute Gasteiger partial charge is 0.490 e. The van der Waals surface area contributed by atoms with Crippen molar-refractivity contribution in [1.29, 1.82) is 0 Å². The Morgan fingerprint density at radius 1 is 0.923 bits per heavy atom. The van der Waals surface area contributed by atoms with E-state index in [0.29, 0.717) is 36.0 Å². The van der Waals surface area contributed by atoms with E-state index in [0.717, 1.165) is 30.4 Å². The SMILES string of the molecule is CCOc1cc(/C=C2\C(=O)NC(=O)N(c3ccccc3)C2=O)cc(I)c1OCc1c(C)ccc2ccccc12. The van der Waals surface area contributed by atoms with Gasteiger partial charge in [-0.05, 0) is 88.7 Å². The quantitative estimate of drug-likeness (QED) is 0.145. The van der Waals surface area contributed by atoms with Crippen LogP contribution in [0.3, 0.4) is 0 Å². The molecule has 0 spiro atoms. The fraction of sp³-hybridized carbons (Fsp3) is 0.129. The smallest absolute Gasteiger partial charge is 0.335 e. The molecule has 0 atom stereocenters. The van der Waals surface area contributed by atoms with Crippen molar-refractivity contribution in [3.05, 3.63) is 105 Å². The first-order chi connectivity index (χ1) is 18.9. The summed E-state index contributed by atoms with van der Waals surface area (Å²) in [4.78, 5) is 39.3. The number of para-hydroxylation sites is 1. The molecule has 7 nitrogen and oxygen atoms in total. The lowest BCUT2D eigenvalue weighted by atomic mass is 10.0. The van der Waals surface area contributed by atoms with E-state index in [-0.39, 0.29) is 5.57 Å². The van der Waals surface area contributed by atoms with Gasteiger partial charge >= 0.3 is 6.03 Å². The van der Waals surface area contributed by atoms with Crippen molar-refractivity contribution in [3.8, 4) is 11.5 Å². The van der Waals surface area contributed by atoms with Crippen LogP contribution in [0.5, 0.6) is 11.5 Å². The first-order valence-electron chi connectivity index (χ1n) is 12.4. The number of barbiturate groups is 1. The van der Waals surface area contributed by atoms with Crippen molar-refractivity contribution in [3.63, 3.8) is 0 Å². The van der Waals surface area contributed by atoms with Crippen molar-refractivity contribution < 1.29 is 23.9 Å². The number of ether oxygens (including phenoxy) is 2. The molecule has 0 radical (unpaired) electrons. The normalized spacial score (nSPS) is 14.6. The number of urea groups is 1. The molecular weight excluding hydrogens is 607 g/mol. The maximum Gasteiger partial charge on any atom is 0.335 e. The van der Waals surface area contributed by atoms with E-state index in [1.54, 1.807) is 36.4 Å². The molecule has 1 saturated heterocycles. The summed E-state index contributed by atoms with van der Waals surface area (Å²) in [6, 6.07) is 23.6. The zero-order valence-corrected chi connectivity index (χ0v) is 23.5. The van der Waals surface area contributed by atoms with Crippen LogP contribution in [-0.4, -0.2) is 24.5 Å². The van der Waals surface area contributed by atoms with Gasteiger partial charge in [0.25, 0.3) is 11.8 Å². The van der Waals surface area contributed by atoms with Crippen LogP contribution in [0.15, 0.2) is 84.4 Å². The highest BCUT2D eigenvalue weighted by Crippen LogP contribution is 2.36. The summed E-state index contributed by atoms with van der Waals surface area (Å²) in [6.45, 7) is 4.68. The number of nitrogens with zero attached hydrogens (tertiary/aromatic N) is 1. The molecule has 4 amide bonds. The number of anilines is 1. The lowest BCUT2D eigenvalue weighted by Crippen LogP contribution is -2.54. The molecule has 5 rings (SSSR count). The summed E-state index contributed by atoms with van der Waals surface area (Å²) in [5, 5.41) is 4.53. The molecule has 1 aliphatic heterocycles. The number of rotatable bonds is 7. The second kappa shape index (κ2) is 11.3. The zero-order chi connectivity index (χ0) is 27.5. The molecule has 1 aliphatic rings. The van der Waals surface area contributed by atoms with Gasteiger partial charge < -0.3 is 9.47 Å². The Morgan fingerprint density at radius 2 is 1.67 bits per heavy atom. The highest BCUT2D eigenvalue weighted by Gasteiger charge is 2.36. The fourth-order valence-corrected chi connectivity index (χ4v) is 5.27. The van der Waals surface area contributed by atoms with Crippen LogP contribution < -0.4 is 19.7 Å². The highest BCUT2D eigenvalue weighted by molar-refractivity contribution is 14.1. The number of hydrogen-bond acceptors (Lipinski definition) is 5. The average molecular weight is 632 g/mol. The van der Waals surface area contributed by atoms with E-state index in [1.807, 2.05) is 25.1 Å². The lowest BCUT2D eigenvalue weighted by Gasteiger charge is -2.26. The molecule has 1 heterocycles. The number of amides is 4. The van der Waals surface area contributed by atoms with E-state index in [9.17, 15) is 14.4 Å². The highest BCUT2D eigenvalue weighted by atomic mass is 127. The molecule has 196 valence electrons. The monoisotopic (exact) mass is 632 g/mol. The molecule has 0 unspecified atom stereocenters. The van der Waals surface area contributed by atoms with Gasteiger partial charge in [-0.15, -0.1) is 0 Å². The van der Waals surface area contributed by atoms with Gasteiger partial charge in [-0.3, -0.25) is 14.9 Å². The average Bonchev–Trinajstić information content (AvgIpc) is 2.92. The Morgan fingerprint density at radius 3 is 2.44 bits per heavy atom. The number of imide groups is 2. The maximum atomic E-state index is 13.2. The Balaban J connectivity index is 1.48. The van der Waals surface area contributed by atoms with Crippen molar-refractivity contribution in [2.75, 3.05) is 11.5 Å². The third-order valence-corrected chi connectivity index (χ3v) is 7.20. The fourth-order valence-electron chi connectivity index (χ4n) is 4.49. The van der Waals surface area contributed by atoms with Crippen LogP contribution in [-0.2, 0) is 16.2 Å². The third kappa shape index (κ3) is 5.37. The maximum absolute atomic E-state index is 13.2. The van der Waals surface area contributed by atoms with Gasteiger partial charge in [0.05, 0.1) is 15.9 Å². The van der Waals surface area contributed by atoms with Gasteiger partial charge in [0.2, 0.25) is 0 Å². The molecular formula is C31H25IN2O5. The minimum Gasteiger partial charge on any atom is -0.490 e. The third-order valence-electron chi connectivity index (χ3n) is 6.39. The number of aryl methyl sites for hydroxylation is 1. The predicted molar refractivity (Wildman–Crippen MR) is 159 cm³/mol. The number of carbonyl (C=O) groups excluding carboxylic acids is 3. The minimum atomic E-state index is -0.787. The Bertz CT molecular complexity index is 1630. The molecule has 0 bridgehead atoms. The summed E-state index contributed by atoms with van der Waals surface area (Å²) in [6.07, 6.45) is 1.46. The number of carbonyl (C=O) groups is 3. The van der Waals surface area contributed by atoms with Gasteiger partial charge in [-0.25, -0.2) is 9.69 Å². The molecule has 0 saturated carbocycles. The minimum absolute atomic E-state index is 0.156. The van der Waals surface area contributed by atoms with Gasteiger partial charge in [-0.1, -0.05) is 54.6 Å². The van der Waals surface area contributed by atoms with Gasteiger partial charge in [0.1, 0.15) is 12.2 Å². The Kier molecular flexibility index (Phi) is 7.65. The van der Waals surface area contributed by atoms with E-state index < -0.39 is 17.8 Å². The summed E-state index contributed by atoms with van der Waals surface area (Å²) < 4.78 is 13.0.